The van der Waals surface area contributed by atoms with Crippen LogP contribution in [0.25, 0.3) is 0 Å². The van der Waals surface area contributed by atoms with E-state index in [9.17, 15) is 9.59 Å². The quantitative estimate of drug-likeness (QED) is 0.469. The number of ether oxygens (including phenoxy) is 1. The summed E-state index contributed by atoms with van der Waals surface area (Å²) in [6, 6.07) is 10.1. The molecule has 1 saturated heterocycles. The molecule has 1 fully saturated rings. The topological polar surface area (TPSA) is 90.9 Å². The van der Waals surface area contributed by atoms with Gasteiger partial charge >= 0.3 is 12.2 Å². The number of hydrogen-bond acceptors (Lipinski definition) is 5. The van der Waals surface area contributed by atoms with Crippen LogP contribution in [0.3, 0.4) is 0 Å². The van der Waals surface area contributed by atoms with E-state index in [1.165, 1.54) is 4.90 Å². The minimum atomic E-state index is -0.865. The predicted molar refractivity (Wildman–Crippen MR) is 111 cm³/mol. The first-order valence-corrected chi connectivity index (χ1v) is 10.5. The van der Waals surface area contributed by atoms with Gasteiger partial charge in [-0.25, -0.2) is 9.59 Å². The van der Waals surface area contributed by atoms with Crippen molar-refractivity contribution in [3.63, 3.8) is 0 Å². The number of nitrogens with one attached hydrogen (secondary N) is 2. The number of carbonyl (C=O) groups excluding carboxylic acids is 1. The second-order valence-electron chi connectivity index (χ2n) is 7.88. The molecule has 1 aliphatic rings. The summed E-state index contributed by atoms with van der Waals surface area (Å²) in [7, 11) is 0. The fourth-order valence-corrected chi connectivity index (χ4v) is 4.09. The van der Waals surface area contributed by atoms with Crippen molar-refractivity contribution in [3.05, 3.63) is 30.3 Å². The van der Waals surface area contributed by atoms with Gasteiger partial charge in [0.25, 0.3) is 0 Å². The summed E-state index contributed by atoms with van der Waals surface area (Å²) in [6.07, 6.45) is 1.20. The fraction of sp³-hybridized carbons (Fsp3) is 0.600. The van der Waals surface area contributed by atoms with Crippen LogP contribution < -0.4 is 10.6 Å². The smallest absolute Gasteiger partial charge is 0.408 e. The molecule has 1 aromatic carbocycles. The molecule has 1 aliphatic heterocycles. The highest BCUT2D eigenvalue weighted by Crippen LogP contribution is 2.25. The van der Waals surface area contributed by atoms with Gasteiger partial charge in [0.05, 0.1) is 5.37 Å². The number of hydrogen-bond donors (Lipinski definition) is 3. The third-order valence-electron chi connectivity index (χ3n) is 4.24. The number of carboxylic acid groups (broad SMARTS) is 1. The molecular formula is C20H31N3O4S. The van der Waals surface area contributed by atoms with E-state index in [2.05, 4.69) is 10.6 Å². The van der Waals surface area contributed by atoms with E-state index in [4.69, 9.17) is 9.84 Å². The van der Waals surface area contributed by atoms with Gasteiger partial charge in [-0.05, 0) is 52.2 Å². The Morgan fingerprint density at radius 2 is 2.07 bits per heavy atom. The molecule has 2 unspecified atom stereocenters. The maximum atomic E-state index is 12.2. The molecule has 0 saturated carbocycles. The van der Waals surface area contributed by atoms with Crippen LogP contribution in [0.2, 0.25) is 0 Å². The maximum Gasteiger partial charge on any atom is 0.408 e. The first-order valence-electron chi connectivity index (χ1n) is 9.65. The molecule has 0 aliphatic carbocycles. The number of carbonyl (C=O) groups is 2. The van der Waals surface area contributed by atoms with Gasteiger partial charge in [0.15, 0.2) is 0 Å². The molecule has 0 spiro atoms. The zero-order chi connectivity index (χ0) is 20.6. The second-order valence-corrected chi connectivity index (χ2v) is 9.15. The zero-order valence-corrected chi connectivity index (χ0v) is 17.6. The first-order chi connectivity index (χ1) is 13.2. The highest BCUT2D eigenvalue weighted by atomic mass is 32.2. The van der Waals surface area contributed by atoms with Crippen molar-refractivity contribution in [2.45, 2.75) is 61.9 Å². The lowest BCUT2D eigenvalue weighted by molar-refractivity contribution is 0.0519. The summed E-state index contributed by atoms with van der Waals surface area (Å²) < 4.78 is 5.39. The van der Waals surface area contributed by atoms with Crippen LogP contribution in [-0.2, 0) is 4.74 Å². The molecule has 0 aromatic heterocycles. The summed E-state index contributed by atoms with van der Waals surface area (Å²) in [6.45, 7) is 7.23. The molecule has 7 nitrogen and oxygen atoms in total. The average Bonchev–Trinajstić information content (AvgIpc) is 2.61. The number of alkyl carbamates (subject to hydrolysis) is 1. The molecule has 0 radical (unpaired) electrons. The lowest BCUT2D eigenvalue weighted by Gasteiger charge is -2.32. The van der Waals surface area contributed by atoms with Crippen molar-refractivity contribution >= 4 is 23.9 Å². The molecule has 8 heteroatoms. The van der Waals surface area contributed by atoms with E-state index in [-0.39, 0.29) is 11.4 Å². The minimum Gasteiger partial charge on any atom is -0.465 e. The van der Waals surface area contributed by atoms with Gasteiger partial charge in [-0.3, -0.25) is 0 Å². The Hall–Kier alpha value is -1.93. The van der Waals surface area contributed by atoms with Gasteiger partial charge in [0.2, 0.25) is 0 Å². The number of rotatable bonds is 7. The Labute approximate surface area is 171 Å². The van der Waals surface area contributed by atoms with Crippen molar-refractivity contribution in [1.29, 1.82) is 0 Å². The number of nitrogens with zero attached hydrogens (tertiary/aromatic N) is 1. The van der Waals surface area contributed by atoms with Crippen LogP contribution in [0.1, 0.15) is 40.0 Å². The Morgan fingerprint density at radius 3 is 2.71 bits per heavy atom. The molecule has 2 rings (SSSR count). The van der Waals surface area contributed by atoms with Gasteiger partial charge < -0.3 is 25.4 Å². The summed E-state index contributed by atoms with van der Waals surface area (Å²) in [5.41, 5.74) is -0.543. The molecular weight excluding hydrogens is 378 g/mol. The Balaban J connectivity index is 1.87. The van der Waals surface area contributed by atoms with Crippen LogP contribution in [-0.4, -0.2) is 58.8 Å². The monoisotopic (exact) mass is 409 g/mol. The highest BCUT2D eigenvalue weighted by molar-refractivity contribution is 8.00. The lowest BCUT2D eigenvalue weighted by atomic mass is 10.1. The third-order valence-corrected chi connectivity index (χ3v) is 5.43. The van der Waals surface area contributed by atoms with Gasteiger partial charge in [-0.2, -0.15) is 0 Å². The molecule has 1 aromatic rings. The maximum absolute atomic E-state index is 12.2. The van der Waals surface area contributed by atoms with Crippen molar-refractivity contribution in [2.75, 3.05) is 19.6 Å². The molecule has 0 bridgehead atoms. The molecule has 156 valence electrons. The molecule has 2 amide bonds. The van der Waals surface area contributed by atoms with Gasteiger partial charge in [-0.1, -0.05) is 18.2 Å². The molecule has 3 N–H and O–H groups in total. The first kappa shape index (κ1) is 22.4. The van der Waals surface area contributed by atoms with Crippen LogP contribution in [0.5, 0.6) is 0 Å². The van der Waals surface area contributed by atoms with E-state index >= 15 is 0 Å². The van der Waals surface area contributed by atoms with Gasteiger partial charge in [0, 0.05) is 30.6 Å². The Kier molecular flexibility index (Phi) is 8.44. The van der Waals surface area contributed by atoms with Gasteiger partial charge in [0.1, 0.15) is 5.60 Å². The van der Waals surface area contributed by atoms with Crippen LogP contribution in [0.4, 0.5) is 9.59 Å². The SMILES string of the molecule is CC(C)(C)OC(=O)NC(CCCC1CN(C(=O)O)CCN1)Sc1ccccc1. The molecule has 28 heavy (non-hydrogen) atoms. The normalized spacial score (nSPS) is 18.4. The number of benzene rings is 1. The van der Waals surface area contributed by atoms with Crippen molar-refractivity contribution < 1.29 is 19.4 Å². The summed E-state index contributed by atoms with van der Waals surface area (Å²) in [4.78, 5) is 25.9. The van der Waals surface area contributed by atoms with Crippen molar-refractivity contribution in [3.8, 4) is 0 Å². The molecule has 1 heterocycles. The van der Waals surface area contributed by atoms with E-state index < -0.39 is 17.8 Å². The average molecular weight is 410 g/mol. The van der Waals surface area contributed by atoms with Gasteiger partial charge in [-0.15, -0.1) is 11.8 Å². The number of amides is 2. The summed E-state index contributed by atoms with van der Waals surface area (Å²) >= 11 is 1.60. The highest BCUT2D eigenvalue weighted by Gasteiger charge is 2.24. The Bertz CT molecular complexity index is 636. The largest absolute Gasteiger partial charge is 0.465 e. The summed E-state index contributed by atoms with van der Waals surface area (Å²) in [5.74, 6) is 0. The summed E-state index contributed by atoms with van der Waals surface area (Å²) in [5, 5.41) is 15.4. The fourth-order valence-electron chi connectivity index (χ4n) is 3.01. The van der Waals surface area contributed by atoms with E-state index in [1.54, 1.807) is 11.8 Å². The van der Waals surface area contributed by atoms with Crippen molar-refractivity contribution in [1.82, 2.24) is 15.5 Å². The van der Waals surface area contributed by atoms with Crippen LogP contribution in [0, 0.1) is 0 Å². The van der Waals surface area contributed by atoms with Crippen molar-refractivity contribution in [2.24, 2.45) is 0 Å². The van der Waals surface area contributed by atoms with E-state index in [0.29, 0.717) is 19.6 Å². The van der Waals surface area contributed by atoms with E-state index in [1.807, 2.05) is 51.1 Å². The second kappa shape index (κ2) is 10.6. The van der Waals surface area contributed by atoms with Crippen LogP contribution in [0.15, 0.2) is 35.2 Å². The third kappa shape index (κ3) is 8.39. The molecule has 2 atom stereocenters. The lowest BCUT2D eigenvalue weighted by Crippen LogP contribution is -2.52. The standard InChI is InChI=1S/C20H31N3O4S/c1-20(2,3)27-18(24)22-17(28-16-9-5-4-6-10-16)11-7-8-15-14-23(19(25)26)13-12-21-15/h4-6,9-10,15,17,21H,7-8,11-14H2,1-3H3,(H,22,24)(H,25,26). The zero-order valence-electron chi connectivity index (χ0n) is 16.8. The minimum absolute atomic E-state index is 0.114. The van der Waals surface area contributed by atoms with E-state index in [0.717, 1.165) is 24.2 Å². The van der Waals surface area contributed by atoms with Crippen LogP contribution >= 0.6 is 11.8 Å². The predicted octanol–water partition coefficient (Wildman–Crippen LogP) is 3.75. The number of thioether (sulfide) groups is 1. The Morgan fingerprint density at radius 1 is 1.36 bits per heavy atom. The number of piperazine rings is 1.